The smallest absolute Gasteiger partial charge is 0.00674 e. The number of piperidine rings is 1. The molecule has 0 bridgehead atoms. The lowest BCUT2D eigenvalue weighted by Crippen LogP contribution is -2.42. The van der Waals surface area contributed by atoms with Crippen LogP contribution < -0.4 is 5.32 Å². The highest BCUT2D eigenvalue weighted by Crippen LogP contribution is 2.20. The Labute approximate surface area is 127 Å². The van der Waals surface area contributed by atoms with Crippen LogP contribution in [0.4, 0.5) is 0 Å². The SMILES string of the molecule is CC(C)CNCCCC(C)N1CCC(CN(C)C)CC1. The van der Waals surface area contributed by atoms with Crippen molar-refractivity contribution in [3.8, 4) is 0 Å². The molecule has 1 atom stereocenters. The molecule has 1 unspecified atom stereocenters. The molecule has 0 saturated carbocycles. The van der Waals surface area contributed by atoms with Gasteiger partial charge < -0.3 is 15.1 Å². The van der Waals surface area contributed by atoms with Crippen molar-refractivity contribution < 1.29 is 0 Å². The van der Waals surface area contributed by atoms with E-state index >= 15 is 0 Å². The maximum absolute atomic E-state index is 3.55. The first-order valence-corrected chi connectivity index (χ1v) is 8.58. The molecule has 1 saturated heterocycles. The average Bonchev–Trinajstić information content (AvgIpc) is 2.38. The summed E-state index contributed by atoms with van der Waals surface area (Å²) in [6, 6.07) is 0.760. The molecular weight excluding hydrogens is 246 g/mol. The number of likely N-dealkylation sites (tertiary alicyclic amines) is 1. The summed E-state index contributed by atoms with van der Waals surface area (Å²) in [4.78, 5) is 5.04. The van der Waals surface area contributed by atoms with Gasteiger partial charge in [0.05, 0.1) is 0 Å². The van der Waals surface area contributed by atoms with Crippen molar-refractivity contribution in [2.24, 2.45) is 11.8 Å². The van der Waals surface area contributed by atoms with E-state index in [2.05, 4.69) is 50.0 Å². The van der Waals surface area contributed by atoms with Crippen molar-refractivity contribution in [1.82, 2.24) is 15.1 Å². The minimum absolute atomic E-state index is 0.760. The summed E-state index contributed by atoms with van der Waals surface area (Å²) >= 11 is 0. The molecule has 1 rings (SSSR count). The maximum Gasteiger partial charge on any atom is 0.00674 e. The molecule has 20 heavy (non-hydrogen) atoms. The summed E-state index contributed by atoms with van der Waals surface area (Å²) in [6.07, 6.45) is 5.41. The van der Waals surface area contributed by atoms with Crippen LogP contribution in [0.15, 0.2) is 0 Å². The molecule has 0 aromatic heterocycles. The molecule has 1 N–H and O–H groups in total. The highest BCUT2D eigenvalue weighted by molar-refractivity contribution is 4.77. The van der Waals surface area contributed by atoms with Gasteiger partial charge >= 0.3 is 0 Å². The Morgan fingerprint density at radius 2 is 1.80 bits per heavy atom. The third-order valence-electron chi connectivity index (χ3n) is 4.42. The van der Waals surface area contributed by atoms with Crippen molar-refractivity contribution in [3.05, 3.63) is 0 Å². The second-order valence-corrected chi connectivity index (χ2v) is 7.33. The zero-order valence-corrected chi connectivity index (χ0v) is 14.5. The first kappa shape index (κ1) is 17.9. The molecule has 1 fully saturated rings. The summed E-state index contributed by atoms with van der Waals surface area (Å²) in [5, 5.41) is 3.55. The lowest BCUT2D eigenvalue weighted by molar-refractivity contribution is 0.121. The fourth-order valence-corrected chi connectivity index (χ4v) is 3.19. The Hall–Kier alpha value is -0.120. The van der Waals surface area contributed by atoms with Crippen LogP contribution in [0.5, 0.6) is 0 Å². The highest BCUT2D eigenvalue weighted by Gasteiger charge is 2.22. The Kier molecular flexibility index (Phi) is 8.74. The van der Waals surface area contributed by atoms with E-state index < -0.39 is 0 Å². The molecule has 0 aliphatic carbocycles. The third-order valence-corrected chi connectivity index (χ3v) is 4.42. The van der Waals surface area contributed by atoms with Gasteiger partial charge in [0.25, 0.3) is 0 Å². The summed E-state index contributed by atoms with van der Waals surface area (Å²) < 4.78 is 0. The zero-order valence-electron chi connectivity index (χ0n) is 14.5. The average molecular weight is 284 g/mol. The van der Waals surface area contributed by atoms with E-state index in [-0.39, 0.29) is 0 Å². The lowest BCUT2D eigenvalue weighted by atomic mass is 9.95. The molecule has 1 aliphatic rings. The van der Waals surface area contributed by atoms with Gasteiger partial charge in [-0.15, -0.1) is 0 Å². The Bertz CT molecular complexity index is 232. The number of nitrogens with zero attached hydrogens (tertiary/aromatic N) is 2. The number of rotatable bonds is 9. The molecule has 0 aromatic rings. The summed E-state index contributed by atoms with van der Waals surface area (Å²) in [6.45, 7) is 13.2. The quantitative estimate of drug-likeness (QED) is 0.656. The van der Waals surface area contributed by atoms with Crippen LogP contribution in [0.1, 0.15) is 46.5 Å². The van der Waals surface area contributed by atoms with E-state index in [0.717, 1.165) is 24.4 Å². The minimum Gasteiger partial charge on any atom is -0.316 e. The topological polar surface area (TPSA) is 18.5 Å². The predicted octanol–water partition coefficient (Wildman–Crippen LogP) is 2.67. The van der Waals surface area contributed by atoms with Crippen molar-refractivity contribution in [2.45, 2.75) is 52.5 Å². The molecule has 1 aliphatic heterocycles. The van der Waals surface area contributed by atoms with Crippen LogP contribution in [-0.2, 0) is 0 Å². The van der Waals surface area contributed by atoms with Gasteiger partial charge in [0.1, 0.15) is 0 Å². The Morgan fingerprint density at radius 1 is 1.15 bits per heavy atom. The van der Waals surface area contributed by atoms with Crippen molar-refractivity contribution in [2.75, 3.05) is 46.8 Å². The van der Waals surface area contributed by atoms with E-state index in [1.54, 1.807) is 0 Å². The maximum atomic E-state index is 3.55. The summed E-state index contributed by atoms with van der Waals surface area (Å²) in [7, 11) is 4.39. The fourth-order valence-electron chi connectivity index (χ4n) is 3.19. The molecule has 1 heterocycles. The van der Waals surface area contributed by atoms with Crippen molar-refractivity contribution in [1.29, 1.82) is 0 Å². The van der Waals surface area contributed by atoms with E-state index in [4.69, 9.17) is 0 Å². The molecule has 0 radical (unpaired) electrons. The Balaban J connectivity index is 2.08. The monoisotopic (exact) mass is 283 g/mol. The van der Waals surface area contributed by atoms with Gasteiger partial charge in [-0.05, 0) is 84.7 Å². The number of nitrogens with one attached hydrogen (secondary N) is 1. The largest absolute Gasteiger partial charge is 0.316 e. The van der Waals surface area contributed by atoms with Crippen molar-refractivity contribution >= 4 is 0 Å². The predicted molar refractivity (Wildman–Crippen MR) is 89.3 cm³/mol. The summed E-state index contributed by atoms with van der Waals surface area (Å²) in [5.74, 6) is 1.68. The van der Waals surface area contributed by atoms with Gasteiger partial charge in [-0.3, -0.25) is 0 Å². The summed E-state index contributed by atoms with van der Waals surface area (Å²) in [5.41, 5.74) is 0. The van der Waals surface area contributed by atoms with Crippen LogP contribution in [0.3, 0.4) is 0 Å². The first-order valence-electron chi connectivity index (χ1n) is 8.58. The van der Waals surface area contributed by atoms with Gasteiger partial charge in [0, 0.05) is 12.6 Å². The van der Waals surface area contributed by atoms with E-state index in [0.29, 0.717) is 0 Å². The standard InChI is InChI=1S/C17H37N3/c1-15(2)13-18-10-6-7-16(3)20-11-8-17(9-12-20)14-19(4)5/h15-18H,6-14H2,1-5H3. The van der Waals surface area contributed by atoms with E-state index in [1.165, 1.54) is 51.9 Å². The number of hydrogen-bond acceptors (Lipinski definition) is 3. The van der Waals surface area contributed by atoms with Gasteiger partial charge in [0.2, 0.25) is 0 Å². The molecular formula is C17H37N3. The number of hydrogen-bond donors (Lipinski definition) is 1. The normalized spacial score (nSPS) is 19.9. The highest BCUT2D eigenvalue weighted by atomic mass is 15.2. The Morgan fingerprint density at radius 3 is 2.35 bits per heavy atom. The van der Waals surface area contributed by atoms with Crippen LogP contribution >= 0.6 is 0 Å². The zero-order chi connectivity index (χ0) is 15.0. The molecule has 120 valence electrons. The van der Waals surface area contributed by atoms with Gasteiger partial charge in [-0.1, -0.05) is 13.8 Å². The van der Waals surface area contributed by atoms with Crippen LogP contribution in [0.25, 0.3) is 0 Å². The van der Waals surface area contributed by atoms with Gasteiger partial charge in [-0.2, -0.15) is 0 Å². The second kappa shape index (κ2) is 9.75. The molecule has 0 spiro atoms. The van der Waals surface area contributed by atoms with E-state index in [1.807, 2.05) is 0 Å². The van der Waals surface area contributed by atoms with Gasteiger partial charge in [0.15, 0.2) is 0 Å². The van der Waals surface area contributed by atoms with Crippen LogP contribution in [0.2, 0.25) is 0 Å². The minimum atomic E-state index is 0.760. The van der Waals surface area contributed by atoms with Gasteiger partial charge in [-0.25, -0.2) is 0 Å². The lowest BCUT2D eigenvalue weighted by Gasteiger charge is -2.37. The fraction of sp³-hybridized carbons (Fsp3) is 1.00. The van der Waals surface area contributed by atoms with Crippen molar-refractivity contribution in [3.63, 3.8) is 0 Å². The third kappa shape index (κ3) is 7.61. The van der Waals surface area contributed by atoms with Crippen LogP contribution in [0, 0.1) is 11.8 Å². The first-order chi connectivity index (χ1) is 9.49. The molecule has 3 heteroatoms. The second-order valence-electron chi connectivity index (χ2n) is 7.33. The molecule has 3 nitrogen and oxygen atoms in total. The van der Waals surface area contributed by atoms with Crippen LogP contribution in [-0.4, -0.2) is 62.7 Å². The molecule has 0 aromatic carbocycles. The molecule has 0 amide bonds. The van der Waals surface area contributed by atoms with E-state index in [9.17, 15) is 0 Å².